The lowest BCUT2D eigenvalue weighted by Gasteiger charge is -2.05. The molecule has 1 aromatic heterocycles. The Balaban J connectivity index is 1.71. The highest BCUT2D eigenvalue weighted by molar-refractivity contribution is 7.16. The van der Waals surface area contributed by atoms with Crippen LogP contribution < -0.4 is 4.80 Å². The summed E-state index contributed by atoms with van der Waals surface area (Å²) in [5.74, 6) is 0. The summed E-state index contributed by atoms with van der Waals surface area (Å²) < 4.78 is 3.33. The van der Waals surface area contributed by atoms with Gasteiger partial charge < -0.3 is 4.57 Å². The maximum atomic E-state index is 4.67. The maximum absolute atomic E-state index is 4.67. The van der Waals surface area contributed by atoms with Gasteiger partial charge in [0.1, 0.15) is 0 Å². The zero-order valence-electron chi connectivity index (χ0n) is 15.2. The highest BCUT2D eigenvalue weighted by Crippen LogP contribution is 2.15. The first-order valence-electron chi connectivity index (χ1n) is 9.01. The molecular weight excluding hydrogens is 350 g/mol. The van der Waals surface area contributed by atoms with Crippen LogP contribution in [-0.2, 0) is 19.9 Å². The summed E-state index contributed by atoms with van der Waals surface area (Å²) in [7, 11) is 2.04. The van der Waals surface area contributed by atoms with Crippen LogP contribution in [0.1, 0.15) is 11.1 Å². The Kier molecular flexibility index (Phi) is 5.26. The smallest absolute Gasteiger partial charge is 0.211 e. The number of nitrogens with zero attached hydrogens (tertiary/aromatic N) is 3. The van der Waals surface area contributed by atoms with Crippen molar-refractivity contribution in [3.8, 4) is 0 Å². The molecule has 0 saturated heterocycles. The van der Waals surface area contributed by atoms with E-state index in [0.29, 0.717) is 0 Å². The van der Waals surface area contributed by atoms with Crippen molar-refractivity contribution >= 4 is 27.3 Å². The molecule has 0 aliphatic carbocycles. The molecule has 3 nitrogen and oxygen atoms in total. The van der Waals surface area contributed by atoms with E-state index in [1.165, 1.54) is 21.3 Å². The standard InChI is InChI=1S/C23H21N3S/c1-26-21-14-8-9-15-22(21)27-23(26)25-24-20(16-18-10-4-2-5-11-18)17-19-12-6-3-7-13-19/h2-15H,16-17H2,1H3/b25-23+. The molecule has 0 atom stereocenters. The summed E-state index contributed by atoms with van der Waals surface area (Å²) in [5, 5.41) is 9.28. The molecule has 0 unspecified atom stereocenters. The lowest BCUT2D eigenvalue weighted by atomic mass is 10.0. The Morgan fingerprint density at radius 1 is 0.778 bits per heavy atom. The maximum Gasteiger partial charge on any atom is 0.211 e. The van der Waals surface area contributed by atoms with Gasteiger partial charge in [-0.1, -0.05) is 84.1 Å². The lowest BCUT2D eigenvalue weighted by Crippen LogP contribution is -2.11. The predicted octanol–water partition coefficient (Wildman–Crippen LogP) is 4.98. The van der Waals surface area contributed by atoms with Crippen LogP contribution >= 0.6 is 11.3 Å². The highest BCUT2D eigenvalue weighted by Gasteiger charge is 2.05. The minimum Gasteiger partial charge on any atom is -0.318 e. The van der Waals surface area contributed by atoms with Crippen LogP contribution in [-0.4, -0.2) is 10.3 Å². The van der Waals surface area contributed by atoms with Crippen LogP contribution in [0.3, 0.4) is 0 Å². The van der Waals surface area contributed by atoms with Crippen molar-refractivity contribution in [1.82, 2.24) is 4.57 Å². The third-order valence-corrected chi connectivity index (χ3v) is 5.60. The van der Waals surface area contributed by atoms with Crippen LogP contribution in [0.5, 0.6) is 0 Å². The quantitative estimate of drug-likeness (QED) is 0.350. The van der Waals surface area contributed by atoms with Gasteiger partial charge in [0.05, 0.1) is 10.2 Å². The lowest BCUT2D eigenvalue weighted by molar-refractivity contribution is 0.885. The molecule has 4 aromatic rings. The van der Waals surface area contributed by atoms with Gasteiger partial charge in [-0.3, -0.25) is 0 Å². The van der Waals surface area contributed by atoms with E-state index in [4.69, 9.17) is 0 Å². The fraction of sp³-hybridized carbons (Fsp3) is 0.130. The molecule has 0 aliphatic heterocycles. The van der Waals surface area contributed by atoms with Gasteiger partial charge in [-0.2, -0.15) is 5.10 Å². The molecule has 1 heterocycles. The SMILES string of the molecule is Cn1/c(=N\N=C(Cc2ccccc2)Cc2ccccc2)sc2ccccc21. The number of hydrogen-bond donors (Lipinski definition) is 0. The number of para-hydroxylation sites is 1. The van der Waals surface area contributed by atoms with Crippen LogP contribution in [0, 0.1) is 0 Å². The van der Waals surface area contributed by atoms with E-state index in [1.807, 2.05) is 19.2 Å². The number of aryl methyl sites for hydroxylation is 1. The van der Waals surface area contributed by atoms with Crippen molar-refractivity contribution in [2.75, 3.05) is 0 Å². The third kappa shape index (κ3) is 4.23. The third-order valence-electron chi connectivity index (χ3n) is 4.49. The summed E-state index contributed by atoms with van der Waals surface area (Å²) in [6.45, 7) is 0. The van der Waals surface area contributed by atoms with E-state index < -0.39 is 0 Å². The first-order chi connectivity index (χ1) is 13.3. The molecule has 0 saturated carbocycles. The Labute approximate surface area is 163 Å². The van der Waals surface area contributed by atoms with Gasteiger partial charge in [0.2, 0.25) is 4.80 Å². The van der Waals surface area contributed by atoms with Gasteiger partial charge in [0.25, 0.3) is 0 Å². The second kappa shape index (κ2) is 8.14. The van der Waals surface area contributed by atoms with E-state index in [2.05, 4.69) is 87.6 Å². The Morgan fingerprint density at radius 2 is 1.33 bits per heavy atom. The molecule has 0 bridgehead atoms. The van der Waals surface area contributed by atoms with Crippen molar-refractivity contribution in [3.63, 3.8) is 0 Å². The van der Waals surface area contributed by atoms with Crippen molar-refractivity contribution in [1.29, 1.82) is 0 Å². The van der Waals surface area contributed by atoms with Crippen LogP contribution in [0.4, 0.5) is 0 Å². The number of hydrogen-bond acceptors (Lipinski definition) is 3. The van der Waals surface area contributed by atoms with E-state index in [-0.39, 0.29) is 0 Å². The fourth-order valence-electron chi connectivity index (χ4n) is 3.09. The van der Waals surface area contributed by atoms with Crippen LogP contribution in [0.15, 0.2) is 95.1 Å². The largest absolute Gasteiger partial charge is 0.318 e. The average Bonchev–Trinajstić information content (AvgIpc) is 3.04. The zero-order valence-corrected chi connectivity index (χ0v) is 16.1. The molecule has 4 heteroatoms. The van der Waals surface area contributed by atoms with Crippen molar-refractivity contribution < 1.29 is 0 Å². The Hall–Kier alpha value is -2.98. The van der Waals surface area contributed by atoms with E-state index in [1.54, 1.807) is 11.3 Å². The second-order valence-electron chi connectivity index (χ2n) is 6.50. The average molecular weight is 372 g/mol. The second-order valence-corrected chi connectivity index (χ2v) is 7.51. The molecule has 0 spiro atoms. The number of rotatable bonds is 5. The summed E-state index contributed by atoms with van der Waals surface area (Å²) >= 11 is 1.67. The normalized spacial score (nSPS) is 11.7. The molecule has 0 N–H and O–H groups in total. The van der Waals surface area contributed by atoms with Crippen LogP contribution in [0.25, 0.3) is 10.2 Å². The number of thiazole rings is 1. The van der Waals surface area contributed by atoms with E-state index >= 15 is 0 Å². The molecule has 4 rings (SSSR count). The van der Waals surface area contributed by atoms with Gasteiger partial charge in [0, 0.05) is 25.6 Å². The predicted molar refractivity (Wildman–Crippen MR) is 114 cm³/mol. The fourth-order valence-corrected chi connectivity index (χ4v) is 4.06. The Morgan fingerprint density at radius 3 is 1.93 bits per heavy atom. The number of benzene rings is 3. The highest BCUT2D eigenvalue weighted by atomic mass is 32.1. The number of fused-ring (bicyclic) bond motifs is 1. The van der Waals surface area contributed by atoms with Gasteiger partial charge >= 0.3 is 0 Å². The molecule has 0 radical (unpaired) electrons. The van der Waals surface area contributed by atoms with Crippen LogP contribution in [0.2, 0.25) is 0 Å². The van der Waals surface area contributed by atoms with Crippen molar-refractivity contribution in [2.45, 2.75) is 12.8 Å². The molecule has 0 amide bonds. The molecule has 27 heavy (non-hydrogen) atoms. The van der Waals surface area contributed by atoms with Gasteiger partial charge in [-0.25, -0.2) is 0 Å². The van der Waals surface area contributed by atoms with E-state index in [0.717, 1.165) is 23.4 Å². The van der Waals surface area contributed by atoms with Crippen molar-refractivity contribution in [2.24, 2.45) is 17.3 Å². The summed E-state index contributed by atoms with van der Waals surface area (Å²) in [6, 6.07) is 29.3. The molecule has 134 valence electrons. The van der Waals surface area contributed by atoms with Gasteiger partial charge in [-0.05, 0) is 23.3 Å². The van der Waals surface area contributed by atoms with Gasteiger partial charge in [-0.15, -0.1) is 5.10 Å². The molecule has 0 aliphatic rings. The zero-order chi connectivity index (χ0) is 18.5. The molecule has 0 fully saturated rings. The van der Waals surface area contributed by atoms with Crippen molar-refractivity contribution in [3.05, 3.63) is 101 Å². The summed E-state index contributed by atoms with van der Waals surface area (Å²) in [4.78, 5) is 0.912. The topological polar surface area (TPSA) is 29.6 Å². The van der Waals surface area contributed by atoms with Gasteiger partial charge in [0.15, 0.2) is 0 Å². The van der Waals surface area contributed by atoms with E-state index in [9.17, 15) is 0 Å². The first-order valence-corrected chi connectivity index (χ1v) is 9.83. The minimum absolute atomic E-state index is 0.799. The minimum atomic E-state index is 0.799. The molecule has 3 aromatic carbocycles. The Bertz CT molecular complexity index is 1080. The first kappa shape index (κ1) is 17.4. The number of aromatic nitrogens is 1. The summed E-state index contributed by atoms with van der Waals surface area (Å²) in [5.41, 5.74) is 4.75. The monoisotopic (exact) mass is 371 g/mol. The molecular formula is C23H21N3S. The summed E-state index contributed by atoms with van der Waals surface area (Å²) in [6.07, 6.45) is 1.60.